The van der Waals surface area contributed by atoms with Gasteiger partial charge < -0.3 is 9.80 Å². The molecule has 8 nitrogen and oxygen atoms in total. The molecule has 0 N–H and O–H groups in total. The van der Waals surface area contributed by atoms with E-state index < -0.39 is 5.41 Å². The minimum atomic E-state index is -0.501. The van der Waals surface area contributed by atoms with E-state index in [1.54, 1.807) is 29.2 Å². The third-order valence-electron chi connectivity index (χ3n) is 5.13. The van der Waals surface area contributed by atoms with Crippen LogP contribution >= 0.6 is 0 Å². The predicted molar refractivity (Wildman–Crippen MR) is 89.8 cm³/mol. The van der Waals surface area contributed by atoms with Crippen LogP contribution in [0.15, 0.2) is 30.9 Å². The molecule has 1 spiro atoms. The molecule has 2 fully saturated rings. The van der Waals surface area contributed by atoms with Crippen molar-refractivity contribution >= 4 is 17.5 Å². The summed E-state index contributed by atoms with van der Waals surface area (Å²) in [6.07, 6.45) is 7.28. The quantitative estimate of drug-likeness (QED) is 0.810. The molecule has 0 bridgehead atoms. The van der Waals surface area contributed by atoms with E-state index in [9.17, 15) is 9.59 Å². The Hall–Kier alpha value is -2.77. The van der Waals surface area contributed by atoms with Gasteiger partial charge in [0.05, 0.1) is 17.3 Å². The zero-order valence-corrected chi connectivity index (χ0v) is 14.1. The van der Waals surface area contributed by atoms with Gasteiger partial charge in [0.25, 0.3) is 5.91 Å². The van der Waals surface area contributed by atoms with Gasteiger partial charge in [-0.05, 0) is 31.4 Å². The number of carbonyl (C=O) groups excluding carboxylic acids is 2. The van der Waals surface area contributed by atoms with Crippen LogP contribution in [0.1, 0.15) is 29.9 Å². The predicted octanol–water partition coefficient (Wildman–Crippen LogP) is 0.869. The zero-order chi connectivity index (χ0) is 17.4. The van der Waals surface area contributed by atoms with Crippen LogP contribution in [0.5, 0.6) is 0 Å². The van der Waals surface area contributed by atoms with Crippen LogP contribution in [0, 0.1) is 5.41 Å². The van der Waals surface area contributed by atoms with Gasteiger partial charge in [-0.15, -0.1) is 5.10 Å². The number of carbonyl (C=O) groups is 2. The summed E-state index contributed by atoms with van der Waals surface area (Å²) in [5, 5.41) is 4.09. The van der Waals surface area contributed by atoms with Crippen molar-refractivity contribution in [3.8, 4) is 0 Å². The molecule has 0 saturated carbocycles. The second-order valence-corrected chi connectivity index (χ2v) is 6.77. The fourth-order valence-corrected chi connectivity index (χ4v) is 3.84. The maximum atomic E-state index is 13.1. The standard InChI is InChI=1S/C17H20N6O2/c1-21-12-19-14(20-21)15(24)22-8-3-5-17(11-22)6-9-23(16(17)25)13-4-2-7-18-10-13/h2,4,7,10,12H,3,5-6,8-9,11H2,1H3/t17-/m1/s1. The van der Waals surface area contributed by atoms with Gasteiger partial charge in [0.15, 0.2) is 0 Å². The number of hydrogen-bond acceptors (Lipinski definition) is 5. The van der Waals surface area contributed by atoms with Gasteiger partial charge >= 0.3 is 0 Å². The van der Waals surface area contributed by atoms with Crippen molar-refractivity contribution in [3.05, 3.63) is 36.7 Å². The number of pyridine rings is 1. The van der Waals surface area contributed by atoms with E-state index in [4.69, 9.17) is 0 Å². The SMILES string of the molecule is Cn1cnc(C(=O)N2CCC[C@@]3(CCN(c4cccnc4)C3=O)C2)n1. The van der Waals surface area contributed by atoms with Crippen molar-refractivity contribution in [3.63, 3.8) is 0 Å². The van der Waals surface area contributed by atoms with Crippen molar-refractivity contribution in [1.29, 1.82) is 0 Å². The average Bonchev–Trinajstić information content (AvgIpc) is 3.20. The van der Waals surface area contributed by atoms with Gasteiger partial charge in [0.2, 0.25) is 11.7 Å². The third-order valence-corrected chi connectivity index (χ3v) is 5.13. The Bertz CT molecular complexity index is 804. The summed E-state index contributed by atoms with van der Waals surface area (Å²) in [5.41, 5.74) is 0.317. The molecule has 0 unspecified atom stereocenters. The summed E-state index contributed by atoms with van der Waals surface area (Å²) in [7, 11) is 1.73. The topological polar surface area (TPSA) is 84.2 Å². The Morgan fingerprint density at radius 2 is 2.16 bits per heavy atom. The molecule has 130 valence electrons. The van der Waals surface area contributed by atoms with Gasteiger partial charge in [0, 0.05) is 32.9 Å². The van der Waals surface area contributed by atoms with Crippen molar-refractivity contribution < 1.29 is 9.59 Å². The molecule has 8 heteroatoms. The molecule has 2 aliphatic heterocycles. The third kappa shape index (κ3) is 2.67. The summed E-state index contributed by atoms with van der Waals surface area (Å²) in [5.74, 6) is 0.0772. The maximum absolute atomic E-state index is 13.1. The van der Waals surface area contributed by atoms with E-state index in [1.165, 1.54) is 11.0 Å². The molecule has 2 aliphatic rings. The minimum Gasteiger partial charge on any atom is -0.335 e. The lowest BCUT2D eigenvalue weighted by Crippen LogP contribution is -2.50. The van der Waals surface area contributed by atoms with Crippen molar-refractivity contribution in [2.45, 2.75) is 19.3 Å². The zero-order valence-electron chi connectivity index (χ0n) is 14.1. The molecule has 1 atom stereocenters. The minimum absolute atomic E-state index is 0.0898. The van der Waals surface area contributed by atoms with Crippen LogP contribution in [-0.2, 0) is 11.8 Å². The summed E-state index contributed by atoms with van der Waals surface area (Å²) >= 11 is 0. The molecule has 4 rings (SSSR count). The Morgan fingerprint density at radius 3 is 2.88 bits per heavy atom. The fourth-order valence-electron chi connectivity index (χ4n) is 3.84. The average molecular weight is 340 g/mol. The number of piperidine rings is 1. The second kappa shape index (κ2) is 5.94. The number of anilines is 1. The van der Waals surface area contributed by atoms with Gasteiger partial charge in [-0.1, -0.05) is 0 Å². The largest absolute Gasteiger partial charge is 0.335 e. The van der Waals surface area contributed by atoms with Crippen LogP contribution in [0.25, 0.3) is 0 Å². The van der Waals surface area contributed by atoms with E-state index in [0.29, 0.717) is 19.6 Å². The first-order valence-electron chi connectivity index (χ1n) is 8.46. The lowest BCUT2D eigenvalue weighted by atomic mass is 9.78. The van der Waals surface area contributed by atoms with Crippen LogP contribution < -0.4 is 4.90 Å². The van der Waals surface area contributed by atoms with Crippen molar-refractivity contribution in [2.75, 3.05) is 24.5 Å². The highest BCUT2D eigenvalue weighted by Crippen LogP contribution is 2.41. The summed E-state index contributed by atoms with van der Waals surface area (Å²) in [6, 6.07) is 3.73. The lowest BCUT2D eigenvalue weighted by Gasteiger charge is -2.38. The highest BCUT2D eigenvalue weighted by molar-refractivity contribution is 6.00. The summed E-state index contributed by atoms with van der Waals surface area (Å²) < 4.78 is 1.51. The summed E-state index contributed by atoms with van der Waals surface area (Å²) in [6.45, 7) is 1.73. The number of likely N-dealkylation sites (tertiary alicyclic amines) is 1. The molecule has 2 saturated heterocycles. The molecule has 25 heavy (non-hydrogen) atoms. The fraction of sp³-hybridized carbons (Fsp3) is 0.471. The smallest absolute Gasteiger partial charge is 0.293 e. The molecule has 4 heterocycles. The van der Waals surface area contributed by atoms with Gasteiger partial charge in [0.1, 0.15) is 6.33 Å². The van der Waals surface area contributed by atoms with Gasteiger partial charge in [-0.3, -0.25) is 19.3 Å². The molecule has 0 radical (unpaired) electrons. The molecule has 2 aromatic heterocycles. The molecular weight excluding hydrogens is 320 g/mol. The monoisotopic (exact) mass is 340 g/mol. The molecule has 2 aromatic rings. The maximum Gasteiger partial charge on any atom is 0.293 e. The Morgan fingerprint density at radius 1 is 1.28 bits per heavy atom. The van der Waals surface area contributed by atoms with Gasteiger partial charge in [-0.25, -0.2) is 4.98 Å². The molecule has 0 aromatic carbocycles. The number of aryl methyl sites for hydroxylation is 1. The first-order chi connectivity index (χ1) is 12.1. The van der Waals surface area contributed by atoms with Crippen molar-refractivity contribution in [2.24, 2.45) is 12.5 Å². The van der Waals surface area contributed by atoms with Crippen LogP contribution in [0.2, 0.25) is 0 Å². The number of rotatable bonds is 2. The van der Waals surface area contributed by atoms with E-state index in [2.05, 4.69) is 15.1 Å². The van der Waals surface area contributed by atoms with E-state index in [1.807, 2.05) is 12.1 Å². The van der Waals surface area contributed by atoms with E-state index in [-0.39, 0.29) is 17.6 Å². The molecule has 2 amide bonds. The number of nitrogens with zero attached hydrogens (tertiary/aromatic N) is 6. The Labute approximate surface area is 145 Å². The number of amides is 2. The van der Waals surface area contributed by atoms with Gasteiger partial charge in [-0.2, -0.15) is 0 Å². The van der Waals surface area contributed by atoms with Crippen molar-refractivity contribution in [1.82, 2.24) is 24.6 Å². The first-order valence-corrected chi connectivity index (χ1v) is 8.46. The number of hydrogen-bond donors (Lipinski definition) is 0. The summed E-state index contributed by atoms with van der Waals surface area (Å²) in [4.78, 5) is 37.4. The van der Waals surface area contributed by atoms with Crippen LogP contribution in [-0.4, -0.2) is 56.1 Å². The Kier molecular flexibility index (Phi) is 3.74. The van der Waals surface area contributed by atoms with Crippen LogP contribution in [0.3, 0.4) is 0 Å². The normalized spacial score (nSPS) is 23.5. The van der Waals surface area contributed by atoms with E-state index >= 15 is 0 Å². The Balaban J connectivity index is 1.54. The highest BCUT2D eigenvalue weighted by Gasteiger charge is 2.50. The second-order valence-electron chi connectivity index (χ2n) is 6.77. The molecular formula is C17H20N6O2. The van der Waals surface area contributed by atoms with Crippen LogP contribution in [0.4, 0.5) is 5.69 Å². The first kappa shape index (κ1) is 15.7. The molecule has 0 aliphatic carbocycles. The lowest BCUT2D eigenvalue weighted by molar-refractivity contribution is -0.127. The highest BCUT2D eigenvalue weighted by atomic mass is 16.2. The van der Waals surface area contributed by atoms with E-state index in [0.717, 1.165) is 24.9 Å². The number of aromatic nitrogens is 4.